The second-order valence-corrected chi connectivity index (χ2v) is 4.43. The van der Waals surface area contributed by atoms with Gasteiger partial charge in [0.1, 0.15) is 17.1 Å². The minimum atomic E-state index is -0.846. The zero-order chi connectivity index (χ0) is 7.49. The van der Waals surface area contributed by atoms with E-state index in [1.54, 1.807) is 13.8 Å². The van der Waals surface area contributed by atoms with E-state index in [4.69, 9.17) is 5.11 Å². The first-order chi connectivity index (χ1) is 3.95. The van der Waals surface area contributed by atoms with Gasteiger partial charge in [-0.15, -0.1) is 0 Å². The first-order valence-electron chi connectivity index (χ1n) is 3.03. The molecule has 1 N–H and O–H groups in total. The molecule has 0 aliphatic heterocycles. The van der Waals surface area contributed by atoms with Gasteiger partial charge in [0.2, 0.25) is 0 Å². The predicted octanol–water partition coefficient (Wildman–Crippen LogP) is 0.526. The summed E-state index contributed by atoms with van der Waals surface area (Å²) in [7, 11) is 0. The van der Waals surface area contributed by atoms with Crippen molar-refractivity contribution in [3.05, 3.63) is 0 Å². The van der Waals surface area contributed by atoms with Gasteiger partial charge in [-0.25, -0.2) is 0 Å². The largest absolute Gasteiger partial charge is 0.616 e. The molecule has 0 rings (SSSR count). The summed E-state index contributed by atoms with van der Waals surface area (Å²) in [5, 5.41) is 9.13. The molecule has 0 heterocycles. The highest BCUT2D eigenvalue weighted by atomic mass is 32.2. The van der Waals surface area contributed by atoms with Gasteiger partial charge in [0.05, 0.1) is 0 Å². The lowest BCUT2D eigenvalue weighted by Crippen LogP contribution is -2.30. The molecule has 0 saturated heterocycles. The van der Waals surface area contributed by atoms with Gasteiger partial charge in [-0.2, -0.15) is 0 Å². The molecule has 0 bridgehead atoms. The fraction of sp³-hybridized carbons (Fsp3) is 1.00. The molecule has 0 aromatic heterocycles. The van der Waals surface area contributed by atoms with Crippen LogP contribution in [0.25, 0.3) is 0 Å². The third kappa shape index (κ3) is 6.15. The Labute approximate surface area is 59.5 Å². The van der Waals surface area contributed by atoms with Crippen molar-refractivity contribution in [3.63, 3.8) is 0 Å². The van der Waals surface area contributed by atoms with Crippen LogP contribution in [0.5, 0.6) is 0 Å². The molecule has 0 saturated carbocycles. The average Bonchev–Trinajstić information content (AvgIpc) is 1.62. The van der Waals surface area contributed by atoms with Gasteiger partial charge in [-0.05, 0) is 20.8 Å². The van der Waals surface area contributed by atoms with Crippen LogP contribution in [0.4, 0.5) is 0 Å². The molecular weight excluding hydrogens is 136 g/mol. The Morgan fingerprint density at radius 2 is 2.00 bits per heavy atom. The first-order valence-corrected chi connectivity index (χ1v) is 4.52. The molecule has 2 nitrogen and oxygen atoms in total. The Morgan fingerprint density at radius 1 is 1.56 bits per heavy atom. The van der Waals surface area contributed by atoms with Crippen LogP contribution in [0.2, 0.25) is 0 Å². The highest BCUT2D eigenvalue weighted by Crippen LogP contribution is 2.05. The molecule has 0 aliphatic carbocycles. The monoisotopic (exact) mass is 150 g/mol. The van der Waals surface area contributed by atoms with Crippen molar-refractivity contribution in [3.8, 4) is 0 Å². The summed E-state index contributed by atoms with van der Waals surface area (Å²) in [6.45, 7) is 5.18. The maximum absolute atomic E-state index is 10.8. The molecule has 0 aliphatic rings. The highest BCUT2D eigenvalue weighted by Gasteiger charge is 2.19. The molecule has 0 unspecified atom stereocenters. The summed E-state index contributed by atoms with van der Waals surface area (Å²) in [5.74, 6) is 1.01. The van der Waals surface area contributed by atoms with Crippen LogP contribution in [-0.4, -0.2) is 26.8 Å². The van der Waals surface area contributed by atoms with Crippen LogP contribution >= 0.6 is 0 Å². The molecule has 0 fully saturated rings. The van der Waals surface area contributed by atoms with Crippen LogP contribution in [0, 0.1) is 0 Å². The van der Waals surface area contributed by atoms with Crippen molar-refractivity contribution < 1.29 is 9.66 Å². The third-order valence-corrected chi connectivity index (χ3v) is 2.51. The van der Waals surface area contributed by atoms with Crippen LogP contribution in [0.3, 0.4) is 0 Å². The SMILES string of the molecule is CC[S@@+]([O-])CC(C)(C)O. The second kappa shape index (κ2) is 3.44. The van der Waals surface area contributed by atoms with E-state index in [9.17, 15) is 4.55 Å². The topological polar surface area (TPSA) is 43.3 Å². The van der Waals surface area contributed by atoms with E-state index < -0.39 is 16.8 Å². The minimum Gasteiger partial charge on any atom is -0.616 e. The van der Waals surface area contributed by atoms with Gasteiger partial charge in [-0.1, -0.05) is 11.2 Å². The Bertz CT molecular complexity index is 77.6. The molecule has 3 heteroatoms. The number of hydrogen-bond acceptors (Lipinski definition) is 2. The molecule has 0 radical (unpaired) electrons. The van der Waals surface area contributed by atoms with Crippen LogP contribution in [0.15, 0.2) is 0 Å². The molecule has 0 aromatic rings. The van der Waals surface area contributed by atoms with Gasteiger partial charge in [-0.3, -0.25) is 0 Å². The van der Waals surface area contributed by atoms with Crippen molar-refractivity contribution in [1.82, 2.24) is 0 Å². The smallest absolute Gasteiger partial charge is 0.133 e. The zero-order valence-electron chi connectivity index (χ0n) is 6.18. The van der Waals surface area contributed by atoms with Crippen LogP contribution in [0.1, 0.15) is 20.8 Å². The highest BCUT2D eigenvalue weighted by molar-refractivity contribution is 7.91. The molecular formula is C6H14O2S. The van der Waals surface area contributed by atoms with Gasteiger partial charge in [0.15, 0.2) is 0 Å². The fourth-order valence-corrected chi connectivity index (χ4v) is 1.49. The average molecular weight is 150 g/mol. The van der Waals surface area contributed by atoms with E-state index in [-0.39, 0.29) is 0 Å². The second-order valence-electron chi connectivity index (χ2n) is 2.69. The maximum atomic E-state index is 10.8. The molecule has 0 spiro atoms. The first kappa shape index (κ1) is 9.27. The van der Waals surface area contributed by atoms with Gasteiger partial charge < -0.3 is 9.66 Å². The quantitative estimate of drug-likeness (QED) is 0.596. The van der Waals surface area contributed by atoms with Gasteiger partial charge in [0.25, 0.3) is 0 Å². The number of hydrogen-bond donors (Lipinski definition) is 1. The summed E-state index contributed by atoms with van der Waals surface area (Å²) in [6, 6.07) is 0. The summed E-state index contributed by atoms with van der Waals surface area (Å²) in [5.41, 5.74) is -0.777. The van der Waals surface area contributed by atoms with Gasteiger partial charge >= 0.3 is 0 Å². The lowest BCUT2D eigenvalue weighted by Gasteiger charge is -2.18. The lowest BCUT2D eigenvalue weighted by atomic mass is 10.2. The lowest BCUT2D eigenvalue weighted by molar-refractivity contribution is 0.105. The number of rotatable bonds is 3. The Hall–Kier alpha value is 0.270. The van der Waals surface area contributed by atoms with Crippen molar-refractivity contribution in [2.45, 2.75) is 26.4 Å². The Morgan fingerprint density at radius 3 is 2.11 bits per heavy atom. The van der Waals surface area contributed by atoms with Crippen molar-refractivity contribution in [1.29, 1.82) is 0 Å². The van der Waals surface area contributed by atoms with E-state index in [2.05, 4.69) is 0 Å². The standard InChI is InChI=1S/C6H14O2S/c1-4-9(8)5-6(2,3)7/h7H,4-5H2,1-3H3/t9-/m1/s1. The molecule has 1 atom stereocenters. The zero-order valence-corrected chi connectivity index (χ0v) is 6.99. The van der Waals surface area contributed by atoms with Crippen molar-refractivity contribution in [2.24, 2.45) is 0 Å². The van der Waals surface area contributed by atoms with Crippen LogP contribution in [-0.2, 0) is 11.2 Å². The fourth-order valence-electron chi connectivity index (χ4n) is 0.496. The molecule has 9 heavy (non-hydrogen) atoms. The van der Waals surface area contributed by atoms with E-state index in [1.165, 1.54) is 0 Å². The van der Waals surface area contributed by atoms with E-state index in [1.807, 2.05) is 6.92 Å². The minimum absolute atomic E-state index is 0.378. The molecule has 0 amide bonds. The summed E-state index contributed by atoms with van der Waals surface area (Å²) in [4.78, 5) is 0. The third-order valence-electron chi connectivity index (χ3n) is 0.836. The summed E-state index contributed by atoms with van der Waals surface area (Å²) >= 11 is -0.846. The summed E-state index contributed by atoms with van der Waals surface area (Å²) < 4.78 is 10.8. The normalized spacial score (nSPS) is 15.7. The van der Waals surface area contributed by atoms with Crippen molar-refractivity contribution >= 4 is 11.2 Å². The predicted molar refractivity (Wildman–Crippen MR) is 39.8 cm³/mol. The Balaban J connectivity index is 3.47. The molecule has 0 aromatic carbocycles. The van der Waals surface area contributed by atoms with Crippen LogP contribution < -0.4 is 0 Å². The maximum Gasteiger partial charge on any atom is 0.133 e. The number of aliphatic hydroxyl groups is 1. The van der Waals surface area contributed by atoms with E-state index >= 15 is 0 Å². The van der Waals surface area contributed by atoms with Crippen molar-refractivity contribution in [2.75, 3.05) is 11.5 Å². The Kier molecular flexibility index (Phi) is 3.54. The van der Waals surface area contributed by atoms with E-state index in [0.29, 0.717) is 11.5 Å². The van der Waals surface area contributed by atoms with E-state index in [0.717, 1.165) is 0 Å². The van der Waals surface area contributed by atoms with Gasteiger partial charge in [0, 0.05) is 0 Å². The molecule has 56 valence electrons. The summed E-state index contributed by atoms with van der Waals surface area (Å²) in [6.07, 6.45) is 0.